The molecule has 2 aliphatic rings. The zero-order chi connectivity index (χ0) is 16.9. The van der Waals surface area contributed by atoms with Crippen LogP contribution in [0.25, 0.3) is 11.0 Å². The third-order valence-corrected chi connectivity index (χ3v) is 5.04. The lowest BCUT2D eigenvalue weighted by Gasteiger charge is -2.14. The first kappa shape index (κ1) is 15.5. The molecule has 4 rings (SSSR count). The topological polar surface area (TPSA) is 42.2 Å². The summed E-state index contributed by atoms with van der Waals surface area (Å²) in [6.07, 6.45) is 0.922. The van der Waals surface area contributed by atoms with Gasteiger partial charge in [0.2, 0.25) is 0 Å². The standard InChI is InChI=1S/C18H18F3NO2/c19-18(20,21)14-7-17(23)24-16-8-15-12(6-13(14)16)4-3-11(9-22-15)5-10-1-2-10/h6-8,10-11,22H,1-5,9H2. The Kier molecular flexibility index (Phi) is 3.58. The summed E-state index contributed by atoms with van der Waals surface area (Å²) in [4.78, 5) is 11.5. The molecule has 0 spiro atoms. The maximum absolute atomic E-state index is 13.2. The quantitative estimate of drug-likeness (QED) is 0.815. The van der Waals surface area contributed by atoms with Crippen molar-refractivity contribution in [2.45, 2.75) is 38.3 Å². The number of halogens is 3. The summed E-state index contributed by atoms with van der Waals surface area (Å²) in [6.45, 7) is 0.818. The lowest BCUT2D eigenvalue weighted by Crippen LogP contribution is -2.13. The first-order chi connectivity index (χ1) is 11.4. The summed E-state index contributed by atoms with van der Waals surface area (Å²) in [5.74, 6) is 1.37. The molecular formula is C18H18F3NO2. The summed E-state index contributed by atoms with van der Waals surface area (Å²) >= 11 is 0. The molecule has 1 aliphatic heterocycles. The van der Waals surface area contributed by atoms with Crippen molar-refractivity contribution in [3.8, 4) is 0 Å². The van der Waals surface area contributed by atoms with Gasteiger partial charge in [-0.05, 0) is 42.7 Å². The molecule has 128 valence electrons. The minimum absolute atomic E-state index is 0.0123. The zero-order valence-electron chi connectivity index (χ0n) is 13.1. The van der Waals surface area contributed by atoms with E-state index in [0.29, 0.717) is 12.0 Å². The van der Waals surface area contributed by atoms with E-state index in [1.807, 2.05) is 0 Å². The molecule has 1 aliphatic carbocycles. The number of hydrogen-bond donors (Lipinski definition) is 1. The number of alkyl halides is 3. The molecule has 1 saturated carbocycles. The molecule has 1 atom stereocenters. The first-order valence-electron chi connectivity index (χ1n) is 8.32. The Bertz CT molecular complexity index is 836. The molecule has 2 aromatic rings. The molecule has 0 saturated heterocycles. The molecule has 1 fully saturated rings. The van der Waals surface area contributed by atoms with Crippen LogP contribution in [0.3, 0.4) is 0 Å². The second-order valence-electron chi connectivity index (χ2n) is 6.95. The number of anilines is 1. The number of aryl methyl sites for hydroxylation is 1. The summed E-state index contributed by atoms with van der Waals surface area (Å²) < 4.78 is 44.7. The number of fused-ring (bicyclic) bond motifs is 2. The van der Waals surface area contributed by atoms with Gasteiger partial charge in [-0.3, -0.25) is 0 Å². The van der Waals surface area contributed by atoms with Gasteiger partial charge < -0.3 is 9.73 Å². The molecule has 2 heterocycles. The average molecular weight is 337 g/mol. The van der Waals surface area contributed by atoms with E-state index < -0.39 is 17.4 Å². The Hall–Kier alpha value is -1.98. The predicted octanol–water partition coefficient (Wildman–Crippen LogP) is 4.59. The largest absolute Gasteiger partial charge is 0.423 e. The summed E-state index contributed by atoms with van der Waals surface area (Å²) in [5.41, 5.74) is -0.268. The molecule has 24 heavy (non-hydrogen) atoms. The van der Waals surface area contributed by atoms with Gasteiger partial charge in [0, 0.05) is 29.8 Å². The van der Waals surface area contributed by atoms with Gasteiger partial charge in [-0.2, -0.15) is 13.2 Å². The van der Waals surface area contributed by atoms with Crippen molar-refractivity contribution in [2.24, 2.45) is 11.8 Å². The van der Waals surface area contributed by atoms with Gasteiger partial charge in [0.1, 0.15) is 5.58 Å². The van der Waals surface area contributed by atoms with Gasteiger partial charge in [0.05, 0.1) is 5.56 Å². The van der Waals surface area contributed by atoms with E-state index in [-0.39, 0.29) is 11.0 Å². The molecule has 1 N–H and O–H groups in total. The van der Waals surface area contributed by atoms with Crippen molar-refractivity contribution in [1.29, 1.82) is 0 Å². The normalized spacial score (nSPS) is 21.2. The summed E-state index contributed by atoms with van der Waals surface area (Å²) in [6, 6.07) is 3.61. The Balaban J connectivity index is 1.74. The summed E-state index contributed by atoms with van der Waals surface area (Å²) in [5, 5.41) is 3.30. The number of rotatable bonds is 2. The number of nitrogens with one attached hydrogen (secondary N) is 1. The van der Waals surface area contributed by atoms with E-state index in [2.05, 4.69) is 5.32 Å². The SMILES string of the molecule is O=c1cc(C(F)(F)F)c2cc3c(cc2o1)NCC(CC1CC1)CC3. The van der Waals surface area contributed by atoms with E-state index in [0.717, 1.165) is 36.6 Å². The lowest BCUT2D eigenvalue weighted by molar-refractivity contribution is -0.136. The Morgan fingerprint density at radius 1 is 1.12 bits per heavy atom. The van der Waals surface area contributed by atoms with Crippen LogP contribution in [0.15, 0.2) is 27.4 Å². The molecular weight excluding hydrogens is 319 g/mol. The second-order valence-corrected chi connectivity index (χ2v) is 6.95. The van der Waals surface area contributed by atoms with Crippen LogP contribution in [0.4, 0.5) is 18.9 Å². The predicted molar refractivity (Wildman–Crippen MR) is 85.1 cm³/mol. The molecule has 6 heteroatoms. The van der Waals surface area contributed by atoms with Gasteiger partial charge in [-0.15, -0.1) is 0 Å². The molecule has 3 nitrogen and oxygen atoms in total. The molecule has 0 bridgehead atoms. The van der Waals surface area contributed by atoms with Crippen LogP contribution in [0.5, 0.6) is 0 Å². The van der Waals surface area contributed by atoms with Gasteiger partial charge in [-0.25, -0.2) is 4.79 Å². The lowest BCUT2D eigenvalue weighted by atomic mass is 9.95. The van der Waals surface area contributed by atoms with Crippen LogP contribution in [-0.2, 0) is 12.6 Å². The van der Waals surface area contributed by atoms with Crippen molar-refractivity contribution in [2.75, 3.05) is 11.9 Å². The van der Waals surface area contributed by atoms with Crippen molar-refractivity contribution in [3.63, 3.8) is 0 Å². The molecule has 1 aromatic carbocycles. The maximum Gasteiger partial charge on any atom is 0.417 e. The highest BCUT2D eigenvalue weighted by atomic mass is 19.4. The highest BCUT2D eigenvalue weighted by Gasteiger charge is 2.34. The molecule has 1 aromatic heterocycles. The van der Waals surface area contributed by atoms with Crippen molar-refractivity contribution < 1.29 is 17.6 Å². The number of benzene rings is 1. The van der Waals surface area contributed by atoms with Crippen LogP contribution in [0.1, 0.15) is 36.8 Å². The highest BCUT2D eigenvalue weighted by Crippen LogP contribution is 2.40. The molecule has 0 radical (unpaired) electrons. The van der Waals surface area contributed by atoms with Crippen molar-refractivity contribution in [3.05, 3.63) is 39.7 Å². The second kappa shape index (κ2) is 5.53. The van der Waals surface area contributed by atoms with Crippen molar-refractivity contribution >= 4 is 16.7 Å². The van der Waals surface area contributed by atoms with Crippen LogP contribution in [0, 0.1) is 11.8 Å². The monoisotopic (exact) mass is 337 g/mol. The third kappa shape index (κ3) is 3.01. The minimum atomic E-state index is -4.57. The molecule has 0 amide bonds. The average Bonchev–Trinajstić information content (AvgIpc) is 3.32. The molecule has 1 unspecified atom stereocenters. The van der Waals surface area contributed by atoms with Gasteiger partial charge in [-0.1, -0.05) is 12.8 Å². The van der Waals surface area contributed by atoms with Crippen LogP contribution in [-0.4, -0.2) is 6.54 Å². The van der Waals surface area contributed by atoms with E-state index in [1.54, 1.807) is 6.07 Å². The van der Waals surface area contributed by atoms with E-state index >= 15 is 0 Å². The van der Waals surface area contributed by atoms with Gasteiger partial charge in [0.15, 0.2) is 0 Å². The fourth-order valence-corrected chi connectivity index (χ4v) is 3.60. The van der Waals surface area contributed by atoms with Gasteiger partial charge >= 0.3 is 11.8 Å². The van der Waals surface area contributed by atoms with Crippen LogP contribution < -0.4 is 10.9 Å². The van der Waals surface area contributed by atoms with Crippen LogP contribution >= 0.6 is 0 Å². The number of hydrogen-bond acceptors (Lipinski definition) is 3. The Morgan fingerprint density at radius 3 is 2.62 bits per heavy atom. The van der Waals surface area contributed by atoms with Crippen LogP contribution in [0.2, 0.25) is 0 Å². The zero-order valence-corrected chi connectivity index (χ0v) is 13.1. The maximum atomic E-state index is 13.2. The first-order valence-corrected chi connectivity index (χ1v) is 8.32. The minimum Gasteiger partial charge on any atom is -0.423 e. The fraction of sp³-hybridized carbons (Fsp3) is 0.500. The van der Waals surface area contributed by atoms with Gasteiger partial charge in [0.25, 0.3) is 0 Å². The summed E-state index contributed by atoms with van der Waals surface area (Å²) in [7, 11) is 0. The smallest absolute Gasteiger partial charge is 0.417 e. The Morgan fingerprint density at radius 2 is 1.92 bits per heavy atom. The van der Waals surface area contributed by atoms with E-state index in [4.69, 9.17) is 4.42 Å². The third-order valence-electron chi connectivity index (χ3n) is 5.04. The van der Waals surface area contributed by atoms with E-state index in [9.17, 15) is 18.0 Å². The highest BCUT2D eigenvalue weighted by molar-refractivity contribution is 5.85. The fourth-order valence-electron chi connectivity index (χ4n) is 3.60. The Labute approximate surface area is 136 Å². The van der Waals surface area contributed by atoms with Crippen molar-refractivity contribution in [1.82, 2.24) is 0 Å². The van der Waals surface area contributed by atoms with E-state index in [1.165, 1.54) is 25.3 Å².